The smallest absolute Gasteiger partial charge is 0.189 e. The van der Waals surface area contributed by atoms with Crippen LogP contribution in [0.4, 0.5) is 5.82 Å². The molecule has 0 aliphatic carbocycles. The Hall–Kier alpha value is -1.07. The molecule has 0 bridgehead atoms. The highest BCUT2D eigenvalue weighted by Crippen LogP contribution is 2.16. The number of aromatic nitrogens is 2. The summed E-state index contributed by atoms with van der Waals surface area (Å²) in [6.07, 6.45) is 5.28. The molecule has 0 spiro atoms. The molecule has 14 heavy (non-hydrogen) atoms. The molecule has 0 aromatic carbocycles. The summed E-state index contributed by atoms with van der Waals surface area (Å²) >= 11 is 1.47. The van der Waals surface area contributed by atoms with Crippen LogP contribution in [0.15, 0.2) is 24.0 Å². The van der Waals surface area contributed by atoms with Crippen LogP contribution in [0.1, 0.15) is 5.56 Å². The Morgan fingerprint density at radius 1 is 1.71 bits per heavy atom. The van der Waals surface area contributed by atoms with Gasteiger partial charge in [-0.2, -0.15) is 0 Å². The van der Waals surface area contributed by atoms with Crippen LogP contribution in [0, 0.1) is 0 Å². The van der Waals surface area contributed by atoms with E-state index in [2.05, 4.69) is 21.9 Å². The highest BCUT2D eigenvalue weighted by molar-refractivity contribution is 7.98. The number of anilines is 1. The molecule has 1 aromatic heterocycles. The number of nitrogens with one attached hydrogen (secondary N) is 1. The Balaban J connectivity index is 2.89. The van der Waals surface area contributed by atoms with Gasteiger partial charge in [0, 0.05) is 18.3 Å². The molecule has 0 aliphatic heterocycles. The summed E-state index contributed by atoms with van der Waals surface area (Å²) in [4.78, 5) is 8.30. The number of hydrogen-bond acceptors (Lipinski definition) is 5. The van der Waals surface area contributed by atoms with Crippen molar-refractivity contribution in [1.29, 1.82) is 0 Å². The molecule has 5 heteroatoms. The van der Waals surface area contributed by atoms with Gasteiger partial charge in [0.15, 0.2) is 5.16 Å². The van der Waals surface area contributed by atoms with Crippen LogP contribution in [-0.4, -0.2) is 27.9 Å². The second-order valence-corrected chi connectivity index (χ2v) is 3.33. The molecule has 76 valence electrons. The summed E-state index contributed by atoms with van der Waals surface area (Å²) in [6, 6.07) is 0. The largest absolute Gasteiger partial charge is 0.391 e. The Labute approximate surface area is 87.5 Å². The molecular formula is C9H13N3OS. The Morgan fingerprint density at radius 3 is 3.07 bits per heavy atom. The van der Waals surface area contributed by atoms with Gasteiger partial charge in [0.25, 0.3) is 0 Å². The Morgan fingerprint density at radius 2 is 2.50 bits per heavy atom. The molecule has 4 nitrogen and oxygen atoms in total. The van der Waals surface area contributed by atoms with Crippen molar-refractivity contribution in [3.63, 3.8) is 0 Å². The zero-order valence-corrected chi connectivity index (χ0v) is 8.84. The van der Waals surface area contributed by atoms with E-state index >= 15 is 0 Å². The van der Waals surface area contributed by atoms with E-state index in [1.807, 2.05) is 6.26 Å². The maximum Gasteiger partial charge on any atom is 0.189 e. The molecule has 0 atom stereocenters. The highest BCUT2D eigenvalue weighted by Gasteiger charge is 2.04. The topological polar surface area (TPSA) is 58.0 Å². The lowest BCUT2D eigenvalue weighted by atomic mass is 10.3. The minimum absolute atomic E-state index is 0.0614. The molecule has 0 amide bonds. The Bertz CT molecular complexity index is 317. The van der Waals surface area contributed by atoms with Crippen molar-refractivity contribution in [3.8, 4) is 0 Å². The van der Waals surface area contributed by atoms with Crippen LogP contribution in [0.5, 0.6) is 0 Å². The maximum atomic E-state index is 9.03. The predicted molar refractivity (Wildman–Crippen MR) is 58.4 cm³/mol. The lowest BCUT2D eigenvalue weighted by Crippen LogP contribution is -2.05. The van der Waals surface area contributed by atoms with Crippen molar-refractivity contribution in [2.75, 3.05) is 18.1 Å². The molecule has 2 N–H and O–H groups in total. The van der Waals surface area contributed by atoms with Crippen LogP contribution in [0.2, 0.25) is 0 Å². The number of nitrogens with zero attached hydrogens (tertiary/aromatic N) is 2. The van der Waals surface area contributed by atoms with E-state index in [-0.39, 0.29) is 6.61 Å². The van der Waals surface area contributed by atoms with Crippen molar-refractivity contribution in [2.45, 2.75) is 11.8 Å². The first-order chi connectivity index (χ1) is 6.81. The van der Waals surface area contributed by atoms with E-state index in [4.69, 9.17) is 5.11 Å². The third-order valence-electron chi connectivity index (χ3n) is 1.61. The molecule has 1 aromatic rings. The summed E-state index contributed by atoms with van der Waals surface area (Å²) in [5, 5.41) is 12.8. The number of aliphatic hydroxyl groups excluding tert-OH is 1. The van der Waals surface area contributed by atoms with Crippen molar-refractivity contribution in [3.05, 3.63) is 24.4 Å². The van der Waals surface area contributed by atoms with E-state index < -0.39 is 0 Å². The monoisotopic (exact) mass is 211 g/mol. The number of aliphatic hydroxyl groups is 1. The van der Waals surface area contributed by atoms with Gasteiger partial charge in [-0.15, -0.1) is 6.58 Å². The van der Waals surface area contributed by atoms with Crippen LogP contribution < -0.4 is 5.32 Å². The van der Waals surface area contributed by atoms with Gasteiger partial charge in [0.05, 0.1) is 6.61 Å². The maximum absolute atomic E-state index is 9.03. The van der Waals surface area contributed by atoms with E-state index in [0.717, 1.165) is 0 Å². The van der Waals surface area contributed by atoms with Crippen LogP contribution >= 0.6 is 11.8 Å². The lowest BCUT2D eigenvalue weighted by molar-refractivity contribution is 0.281. The fourth-order valence-electron chi connectivity index (χ4n) is 0.927. The highest BCUT2D eigenvalue weighted by atomic mass is 32.2. The SMILES string of the molecule is C=CCNc1nc(SC)ncc1CO. The van der Waals surface area contributed by atoms with Crippen molar-refractivity contribution in [1.82, 2.24) is 9.97 Å². The first-order valence-corrected chi connectivity index (χ1v) is 5.39. The van der Waals surface area contributed by atoms with Crippen LogP contribution in [-0.2, 0) is 6.61 Å². The zero-order chi connectivity index (χ0) is 10.4. The van der Waals surface area contributed by atoms with Crippen molar-refractivity contribution >= 4 is 17.6 Å². The Kier molecular flexibility index (Phi) is 4.42. The van der Waals surface area contributed by atoms with E-state index in [1.54, 1.807) is 12.3 Å². The quantitative estimate of drug-likeness (QED) is 0.436. The zero-order valence-electron chi connectivity index (χ0n) is 8.03. The average Bonchev–Trinajstić information content (AvgIpc) is 2.25. The van der Waals surface area contributed by atoms with Gasteiger partial charge in [-0.1, -0.05) is 17.8 Å². The van der Waals surface area contributed by atoms with Gasteiger partial charge >= 0.3 is 0 Å². The summed E-state index contributed by atoms with van der Waals surface area (Å²) < 4.78 is 0. The van der Waals surface area contributed by atoms with E-state index in [9.17, 15) is 0 Å². The van der Waals surface area contributed by atoms with E-state index in [0.29, 0.717) is 23.1 Å². The third-order valence-corrected chi connectivity index (χ3v) is 2.17. The fraction of sp³-hybridized carbons (Fsp3) is 0.333. The number of hydrogen-bond donors (Lipinski definition) is 2. The second-order valence-electron chi connectivity index (χ2n) is 2.56. The predicted octanol–water partition coefficient (Wildman–Crippen LogP) is 1.29. The fourth-order valence-corrected chi connectivity index (χ4v) is 1.27. The number of thioether (sulfide) groups is 1. The second kappa shape index (κ2) is 5.62. The lowest BCUT2D eigenvalue weighted by Gasteiger charge is -2.07. The van der Waals surface area contributed by atoms with Gasteiger partial charge in [-0.25, -0.2) is 9.97 Å². The molecule has 1 heterocycles. The summed E-state index contributed by atoms with van der Waals surface area (Å²) in [5.74, 6) is 0.673. The van der Waals surface area contributed by atoms with Gasteiger partial charge in [-0.3, -0.25) is 0 Å². The molecule has 0 unspecified atom stereocenters. The summed E-state index contributed by atoms with van der Waals surface area (Å²) in [5.41, 5.74) is 0.699. The number of rotatable bonds is 5. The third kappa shape index (κ3) is 2.71. The average molecular weight is 211 g/mol. The van der Waals surface area contributed by atoms with Gasteiger partial charge in [0.2, 0.25) is 0 Å². The van der Waals surface area contributed by atoms with Gasteiger partial charge in [-0.05, 0) is 6.26 Å². The van der Waals surface area contributed by atoms with Gasteiger partial charge < -0.3 is 10.4 Å². The van der Waals surface area contributed by atoms with E-state index in [1.165, 1.54) is 11.8 Å². The van der Waals surface area contributed by atoms with Crippen LogP contribution in [0.3, 0.4) is 0 Å². The van der Waals surface area contributed by atoms with Crippen molar-refractivity contribution < 1.29 is 5.11 Å². The van der Waals surface area contributed by atoms with Crippen LogP contribution in [0.25, 0.3) is 0 Å². The minimum atomic E-state index is -0.0614. The standard InChI is InChI=1S/C9H13N3OS/c1-3-4-10-8-7(6-13)5-11-9(12-8)14-2/h3,5,13H,1,4,6H2,2H3,(H,10,11,12). The summed E-state index contributed by atoms with van der Waals surface area (Å²) in [7, 11) is 0. The van der Waals surface area contributed by atoms with Gasteiger partial charge in [0.1, 0.15) is 5.82 Å². The molecule has 0 aliphatic rings. The molecular weight excluding hydrogens is 198 g/mol. The minimum Gasteiger partial charge on any atom is -0.391 e. The molecule has 0 saturated carbocycles. The molecule has 1 rings (SSSR count). The van der Waals surface area contributed by atoms with Crippen molar-refractivity contribution in [2.24, 2.45) is 0 Å². The first-order valence-electron chi connectivity index (χ1n) is 4.17. The molecule has 0 radical (unpaired) electrons. The first kappa shape index (κ1) is 11.0. The molecule has 0 saturated heterocycles. The molecule has 0 fully saturated rings. The summed E-state index contributed by atoms with van der Waals surface area (Å²) in [6.45, 7) is 4.16. The normalized spacial score (nSPS) is 9.86.